The second-order valence-corrected chi connectivity index (χ2v) is 16.7. The number of pyridine rings is 1. The average molecular weight is 771 g/mol. The van der Waals surface area contributed by atoms with Gasteiger partial charge in [-0.3, -0.25) is 19.3 Å². The molecule has 6 heterocycles. The van der Waals surface area contributed by atoms with E-state index >= 15 is 0 Å². The molecule has 9 rings (SSSR count). The van der Waals surface area contributed by atoms with Gasteiger partial charge >= 0.3 is 0 Å². The van der Waals surface area contributed by atoms with Gasteiger partial charge in [0.15, 0.2) is 0 Å². The summed E-state index contributed by atoms with van der Waals surface area (Å²) in [6.07, 6.45) is 8.84. The number of nitrogens with zero attached hydrogens (tertiary/aromatic N) is 5. The van der Waals surface area contributed by atoms with Gasteiger partial charge in [-0.1, -0.05) is 18.7 Å². The molecule has 11 nitrogen and oxygen atoms in total. The molecule has 1 unspecified atom stereocenters. The van der Waals surface area contributed by atoms with Crippen LogP contribution in [0.4, 0.5) is 5.69 Å². The van der Waals surface area contributed by atoms with Crippen molar-refractivity contribution >= 4 is 28.3 Å². The van der Waals surface area contributed by atoms with Crippen molar-refractivity contribution in [2.75, 3.05) is 58.4 Å². The number of hydrogen-bond donors (Lipinski definition) is 1. The van der Waals surface area contributed by atoms with E-state index in [2.05, 4.69) is 69.1 Å². The van der Waals surface area contributed by atoms with Crippen LogP contribution in [-0.2, 0) is 24.9 Å². The first-order valence-electron chi connectivity index (χ1n) is 20.7. The van der Waals surface area contributed by atoms with Crippen LogP contribution in [0.5, 0.6) is 11.5 Å². The molecule has 1 N–H and O–H groups in total. The van der Waals surface area contributed by atoms with Crippen LogP contribution in [0.25, 0.3) is 21.9 Å². The zero-order chi connectivity index (χ0) is 39.4. The van der Waals surface area contributed by atoms with E-state index in [4.69, 9.17) is 9.47 Å². The van der Waals surface area contributed by atoms with Crippen molar-refractivity contribution in [3.05, 3.63) is 99.6 Å². The summed E-state index contributed by atoms with van der Waals surface area (Å²) in [6.45, 7) is 11.3. The van der Waals surface area contributed by atoms with Crippen molar-refractivity contribution in [2.45, 2.75) is 76.0 Å². The number of rotatable bonds is 9. The molecule has 0 aliphatic carbocycles. The zero-order valence-corrected chi connectivity index (χ0v) is 33.5. The Balaban J connectivity index is 0.834. The van der Waals surface area contributed by atoms with E-state index in [1.165, 1.54) is 12.0 Å². The van der Waals surface area contributed by atoms with E-state index in [0.29, 0.717) is 36.7 Å². The maximum Gasteiger partial charge on any atom is 0.258 e. The van der Waals surface area contributed by atoms with Gasteiger partial charge in [0.25, 0.3) is 11.5 Å². The van der Waals surface area contributed by atoms with E-state index in [1.54, 1.807) is 23.7 Å². The molecule has 57 heavy (non-hydrogen) atoms. The van der Waals surface area contributed by atoms with E-state index in [1.807, 2.05) is 19.3 Å². The number of piperidine rings is 3. The number of anilines is 1. The van der Waals surface area contributed by atoms with Crippen LogP contribution >= 0.6 is 0 Å². The van der Waals surface area contributed by atoms with E-state index < -0.39 is 6.04 Å². The summed E-state index contributed by atoms with van der Waals surface area (Å²) in [6, 6.07) is 16.9. The molecule has 4 saturated heterocycles. The summed E-state index contributed by atoms with van der Waals surface area (Å²) in [7, 11) is 5.26. The van der Waals surface area contributed by atoms with Gasteiger partial charge in [0.2, 0.25) is 5.91 Å². The van der Waals surface area contributed by atoms with E-state index in [-0.39, 0.29) is 17.4 Å². The van der Waals surface area contributed by atoms with Gasteiger partial charge in [-0.25, -0.2) is 0 Å². The number of nitrogens with one attached hydrogen (secondary N) is 1. The molecule has 0 saturated carbocycles. The number of benzene rings is 3. The van der Waals surface area contributed by atoms with Crippen LogP contribution in [-0.4, -0.2) is 96.7 Å². The Morgan fingerprint density at radius 3 is 2.21 bits per heavy atom. The normalized spacial score (nSPS) is 21.2. The number of carbonyl (C=O) groups is 2. The molecule has 4 fully saturated rings. The Kier molecular flexibility index (Phi) is 10.1. The van der Waals surface area contributed by atoms with E-state index in [0.717, 1.165) is 128 Å². The van der Waals surface area contributed by atoms with Gasteiger partial charge in [-0.2, -0.15) is 0 Å². The molecule has 5 aliphatic heterocycles. The third-order valence-corrected chi connectivity index (χ3v) is 13.4. The summed E-state index contributed by atoms with van der Waals surface area (Å²) in [5.41, 5.74) is 7.89. The number of aromatic nitrogens is 1. The molecule has 0 radical (unpaired) electrons. The molecule has 1 aromatic heterocycles. The van der Waals surface area contributed by atoms with Gasteiger partial charge < -0.3 is 34.1 Å². The van der Waals surface area contributed by atoms with Gasteiger partial charge in [0, 0.05) is 73.4 Å². The zero-order valence-electron chi connectivity index (χ0n) is 33.5. The molecule has 5 aliphatic rings. The van der Waals surface area contributed by atoms with Gasteiger partial charge in [-0.15, -0.1) is 0 Å². The maximum atomic E-state index is 13.5. The smallest absolute Gasteiger partial charge is 0.258 e. The second kappa shape index (κ2) is 15.3. The first-order chi connectivity index (χ1) is 27.7. The quantitative estimate of drug-likeness (QED) is 0.221. The van der Waals surface area contributed by atoms with Gasteiger partial charge in [0.1, 0.15) is 17.5 Å². The van der Waals surface area contributed by atoms with Gasteiger partial charge in [0.05, 0.1) is 19.8 Å². The Morgan fingerprint density at radius 2 is 1.54 bits per heavy atom. The molecule has 0 spiro atoms. The minimum Gasteiger partial charge on any atom is -0.496 e. The third-order valence-electron chi connectivity index (χ3n) is 13.4. The van der Waals surface area contributed by atoms with Crippen molar-refractivity contribution < 1.29 is 19.1 Å². The summed E-state index contributed by atoms with van der Waals surface area (Å²) in [4.78, 5) is 48.6. The van der Waals surface area contributed by atoms with Crippen LogP contribution in [0.1, 0.15) is 77.9 Å². The van der Waals surface area contributed by atoms with Crippen LogP contribution in [0, 0.1) is 0 Å². The fourth-order valence-electron chi connectivity index (χ4n) is 9.92. The Labute approximate surface area is 334 Å². The fraction of sp³-hybridized carbons (Fsp3) is 0.457. The Bertz CT molecular complexity index is 2270. The van der Waals surface area contributed by atoms with Crippen molar-refractivity contribution in [3.8, 4) is 22.6 Å². The minimum absolute atomic E-state index is 0.00322. The molecule has 11 heteroatoms. The highest BCUT2D eigenvalue weighted by atomic mass is 16.5. The lowest BCUT2D eigenvalue weighted by Gasteiger charge is -2.42. The number of ether oxygens (including phenoxy) is 2. The molecular formula is C46H54N6O5. The first kappa shape index (κ1) is 37.4. The van der Waals surface area contributed by atoms with E-state index in [9.17, 15) is 14.4 Å². The number of methoxy groups -OCH3 is 2. The van der Waals surface area contributed by atoms with Crippen LogP contribution in [0.3, 0.4) is 0 Å². The molecule has 298 valence electrons. The number of hydrogen-bond acceptors (Lipinski definition) is 8. The monoisotopic (exact) mass is 770 g/mol. The number of amides is 2. The molecule has 0 bridgehead atoms. The molecular weight excluding hydrogens is 717 g/mol. The first-order valence-corrected chi connectivity index (χ1v) is 20.7. The highest BCUT2D eigenvalue weighted by Crippen LogP contribution is 2.40. The topological polar surface area (TPSA) is 99.6 Å². The lowest BCUT2D eigenvalue weighted by atomic mass is 9.86. The lowest BCUT2D eigenvalue weighted by molar-refractivity contribution is -0.126. The van der Waals surface area contributed by atoms with Crippen molar-refractivity contribution in [3.63, 3.8) is 0 Å². The lowest BCUT2D eigenvalue weighted by Crippen LogP contribution is -2.49. The predicted molar refractivity (Wildman–Crippen MR) is 223 cm³/mol. The number of fused-ring (bicyclic) bond motifs is 2. The van der Waals surface area contributed by atoms with Crippen LogP contribution in [0.15, 0.2) is 71.8 Å². The standard InChI is InChI=1S/C46H54N6O5/c1-29-6-11-41(44(53)47-29)52-26-32-8-7-31(22-37(32)46(52)55)30-12-20-51(21-13-30)34-14-18-49(19-15-34)28-40-42(56-3)23-33(24-43(40)57-4)39-27-48(2)45(54)36-10-9-35(25-38(36)39)50-16-5-17-50/h7-10,22-25,27,30,34,41H,1,5-6,11-21,26,28H2,2-4H3,(H,47,53). The van der Waals surface area contributed by atoms with Crippen LogP contribution in [0.2, 0.25) is 0 Å². The molecule has 2 amide bonds. The Hall–Kier alpha value is -5.13. The summed E-state index contributed by atoms with van der Waals surface area (Å²) in [5.74, 6) is 1.87. The molecule has 3 aromatic carbocycles. The third kappa shape index (κ3) is 6.99. The maximum absolute atomic E-state index is 13.5. The minimum atomic E-state index is -0.430. The van der Waals surface area contributed by atoms with Crippen LogP contribution < -0.4 is 25.2 Å². The fourth-order valence-corrected chi connectivity index (χ4v) is 9.92. The highest BCUT2D eigenvalue weighted by Gasteiger charge is 2.39. The summed E-state index contributed by atoms with van der Waals surface area (Å²) >= 11 is 0. The average Bonchev–Trinajstić information content (AvgIpc) is 3.53. The largest absolute Gasteiger partial charge is 0.496 e. The van der Waals surface area contributed by atoms with Gasteiger partial charge in [-0.05, 0) is 136 Å². The Morgan fingerprint density at radius 1 is 0.807 bits per heavy atom. The highest BCUT2D eigenvalue weighted by molar-refractivity contribution is 6.02. The summed E-state index contributed by atoms with van der Waals surface area (Å²) in [5, 5.41) is 4.49. The SMILES string of the molecule is C=C1CCC(N2Cc3ccc(C4CCN(C5CCN(Cc6c(OC)cc(-c7cn(C)c(=O)c8ccc(N9CCC9)cc78)cc6OC)CC5)CC4)cc3C2=O)C(=O)N1. The second-order valence-electron chi connectivity index (χ2n) is 16.7. The van der Waals surface area contributed by atoms with Crippen molar-refractivity contribution in [1.82, 2.24) is 24.6 Å². The molecule has 4 aromatic rings. The number of carbonyl (C=O) groups excluding carboxylic acids is 2. The van der Waals surface area contributed by atoms with Crippen molar-refractivity contribution in [2.24, 2.45) is 7.05 Å². The van der Waals surface area contributed by atoms with Crippen molar-refractivity contribution in [1.29, 1.82) is 0 Å². The number of likely N-dealkylation sites (tertiary alicyclic amines) is 2. The number of allylic oxidation sites excluding steroid dienone is 1. The number of aryl methyl sites for hydroxylation is 1. The predicted octanol–water partition coefficient (Wildman–Crippen LogP) is 6.02. The molecule has 1 atom stereocenters. The summed E-state index contributed by atoms with van der Waals surface area (Å²) < 4.78 is 13.8.